The Balaban J connectivity index is 3.45. The van der Waals surface area contributed by atoms with Gasteiger partial charge in [-0.05, 0) is 12.1 Å². The third kappa shape index (κ3) is 3.23. The number of benzene rings is 1. The summed E-state index contributed by atoms with van der Waals surface area (Å²) in [4.78, 5) is 21.1. The summed E-state index contributed by atoms with van der Waals surface area (Å²) < 4.78 is 37.9. The number of aromatic carboxylic acids is 1. The summed E-state index contributed by atoms with van der Waals surface area (Å²) in [6.07, 6.45) is -4.69. The Morgan fingerprint density at radius 3 is 2.29 bits per heavy atom. The smallest absolute Gasteiger partial charge is 0.417 e. The van der Waals surface area contributed by atoms with Crippen molar-refractivity contribution in [2.45, 2.75) is 18.0 Å². The third-order valence-electron chi connectivity index (χ3n) is 1.80. The van der Waals surface area contributed by atoms with E-state index in [4.69, 9.17) is 5.11 Å². The van der Waals surface area contributed by atoms with Gasteiger partial charge in [-0.1, -0.05) is 17.8 Å². The first-order chi connectivity index (χ1) is 7.73. The molecule has 0 aliphatic rings. The molecule has 0 saturated heterocycles. The number of hydrogen-bond acceptors (Lipinski definition) is 3. The summed E-state index contributed by atoms with van der Waals surface area (Å²) >= 11 is 0.267. The highest BCUT2D eigenvalue weighted by Crippen LogP contribution is 2.38. The van der Waals surface area contributed by atoms with Crippen LogP contribution >= 0.6 is 11.8 Å². The molecule has 0 fully saturated rings. The fourth-order valence-corrected chi connectivity index (χ4v) is 2.03. The molecule has 0 aliphatic carbocycles. The summed E-state index contributed by atoms with van der Waals surface area (Å²) in [7, 11) is 0. The molecule has 0 aliphatic heterocycles. The molecule has 0 amide bonds. The van der Waals surface area contributed by atoms with Gasteiger partial charge in [0.05, 0.1) is 11.1 Å². The molecule has 92 valence electrons. The lowest BCUT2D eigenvalue weighted by molar-refractivity contribution is -0.139. The van der Waals surface area contributed by atoms with Crippen molar-refractivity contribution < 1.29 is 27.9 Å². The van der Waals surface area contributed by atoms with Crippen LogP contribution in [0.25, 0.3) is 0 Å². The number of alkyl halides is 3. The number of hydrogen-bond donors (Lipinski definition) is 1. The molecular weight excluding hydrogens is 257 g/mol. The van der Waals surface area contributed by atoms with Crippen LogP contribution in [-0.2, 0) is 11.0 Å². The number of rotatable bonds is 2. The highest BCUT2D eigenvalue weighted by Gasteiger charge is 2.35. The number of carboxylic acids is 1. The van der Waals surface area contributed by atoms with Crippen molar-refractivity contribution in [3.63, 3.8) is 0 Å². The van der Waals surface area contributed by atoms with Crippen molar-refractivity contribution in [3.8, 4) is 0 Å². The van der Waals surface area contributed by atoms with Crippen LogP contribution in [-0.4, -0.2) is 16.2 Å². The maximum absolute atomic E-state index is 12.6. The monoisotopic (exact) mass is 264 g/mol. The van der Waals surface area contributed by atoms with Gasteiger partial charge in [0.1, 0.15) is 0 Å². The zero-order chi connectivity index (χ0) is 13.2. The van der Waals surface area contributed by atoms with Crippen molar-refractivity contribution in [2.24, 2.45) is 0 Å². The van der Waals surface area contributed by atoms with E-state index < -0.39 is 33.3 Å². The van der Waals surface area contributed by atoms with Crippen LogP contribution in [0.5, 0.6) is 0 Å². The van der Waals surface area contributed by atoms with E-state index in [-0.39, 0.29) is 11.8 Å². The molecule has 0 saturated carbocycles. The minimum atomic E-state index is -4.69. The lowest BCUT2D eigenvalue weighted by Crippen LogP contribution is -2.11. The second-order valence-corrected chi connectivity index (χ2v) is 4.27. The maximum atomic E-state index is 12.6. The zero-order valence-corrected chi connectivity index (χ0v) is 9.35. The maximum Gasteiger partial charge on any atom is 0.417 e. The summed E-state index contributed by atoms with van der Waals surface area (Å²) in [5, 5.41) is 8.17. The van der Waals surface area contributed by atoms with Crippen LogP contribution in [0.15, 0.2) is 23.1 Å². The molecule has 0 unspecified atom stereocenters. The van der Waals surface area contributed by atoms with Crippen molar-refractivity contribution in [3.05, 3.63) is 29.3 Å². The zero-order valence-electron chi connectivity index (χ0n) is 8.54. The molecule has 0 atom stereocenters. The minimum absolute atomic E-state index is 0.267. The highest BCUT2D eigenvalue weighted by molar-refractivity contribution is 8.13. The molecule has 7 heteroatoms. The predicted molar refractivity (Wildman–Crippen MR) is 54.9 cm³/mol. The number of carboxylic acid groups (broad SMARTS) is 1. The second-order valence-electron chi connectivity index (χ2n) is 3.08. The summed E-state index contributed by atoms with van der Waals surface area (Å²) in [6, 6.07) is 2.77. The molecule has 3 nitrogen and oxygen atoms in total. The standard InChI is InChI=1S/C10H7F3O3S/c1-5(14)17-8-6(9(15)16)3-2-4-7(8)10(11,12)13/h2-4H,1H3,(H,15,16). The van der Waals surface area contributed by atoms with Crippen LogP contribution in [0.1, 0.15) is 22.8 Å². The average molecular weight is 264 g/mol. The van der Waals surface area contributed by atoms with E-state index in [9.17, 15) is 22.8 Å². The molecule has 17 heavy (non-hydrogen) atoms. The van der Waals surface area contributed by atoms with Crippen molar-refractivity contribution in [2.75, 3.05) is 0 Å². The first kappa shape index (κ1) is 13.6. The second kappa shape index (κ2) is 4.79. The van der Waals surface area contributed by atoms with Gasteiger partial charge in [-0.15, -0.1) is 0 Å². The van der Waals surface area contributed by atoms with E-state index in [1.807, 2.05) is 0 Å². The fraction of sp³-hybridized carbons (Fsp3) is 0.200. The number of halogens is 3. The van der Waals surface area contributed by atoms with E-state index >= 15 is 0 Å². The fourth-order valence-electron chi connectivity index (χ4n) is 1.18. The number of thioether (sulfide) groups is 1. The van der Waals surface area contributed by atoms with Crippen molar-refractivity contribution >= 4 is 22.8 Å². The number of carbonyl (C=O) groups excluding carboxylic acids is 1. The molecule has 0 radical (unpaired) electrons. The molecule has 1 aromatic rings. The number of carbonyl (C=O) groups is 2. The minimum Gasteiger partial charge on any atom is -0.478 e. The Labute approximate surface area is 98.6 Å². The van der Waals surface area contributed by atoms with E-state index in [2.05, 4.69) is 0 Å². The summed E-state index contributed by atoms with van der Waals surface area (Å²) in [5.41, 5.74) is -1.64. The Bertz CT molecular complexity index is 468. The Morgan fingerprint density at radius 2 is 1.88 bits per heavy atom. The largest absolute Gasteiger partial charge is 0.478 e. The van der Waals surface area contributed by atoms with Gasteiger partial charge < -0.3 is 5.11 Å². The Morgan fingerprint density at radius 1 is 1.29 bits per heavy atom. The van der Waals surface area contributed by atoms with E-state index in [1.165, 1.54) is 0 Å². The molecule has 1 aromatic carbocycles. The molecule has 0 bridgehead atoms. The van der Waals surface area contributed by atoms with Crippen LogP contribution in [0.4, 0.5) is 13.2 Å². The Kier molecular flexibility index (Phi) is 3.82. The normalized spacial score (nSPS) is 11.3. The van der Waals surface area contributed by atoms with Gasteiger partial charge in [-0.2, -0.15) is 13.2 Å². The molecule has 1 rings (SSSR count). The van der Waals surface area contributed by atoms with E-state index in [1.54, 1.807) is 0 Å². The highest BCUT2D eigenvalue weighted by atomic mass is 32.2. The lowest BCUT2D eigenvalue weighted by atomic mass is 10.1. The van der Waals surface area contributed by atoms with Gasteiger partial charge >= 0.3 is 12.1 Å². The predicted octanol–water partition coefficient (Wildman–Crippen LogP) is 3.04. The average Bonchev–Trinajstić information content (AvgIpc) is 2.14. The van der Waals surface area contributed by atoms with E-state index in [0.717, 1.165) is 25.1 Å². The van der Waals surface area contributed by atoms with Crippen LogP contribution in [0, 0.1) is 0 Å². The van der Waals surface area contributed by atoms with Crippen molar-refractivity contribution in [1.29, 1.82) is 0 Å². The van der Waals surface area contributed by atoms with Gasteiger partial charge in [-0.3, -0.25) is 4.79 Å². The Hall–Kier alpha value is -1.50. The lowest BCUT2D eigenvalue weighted by Gasteiger charge is -2.13. The van der Waals surface area contributed by atoms with Crippen LogP contribution in [0.3, 0.4) is 0 Å². The summed E-state index contributed by atoms with van der Waals surface area (Å²) in [6.45, 7) is 1.07. The van der Waals surface area contributed by atoms with Gasteiger partial charge in [0.15, 0.2) is 5.12 Å². The first-order valence-corrected chi connectivity index (χ1v) is 5.17. The van der Waals surface area contributed by atoms with Gasteiger partial charge in [0, 0.05) is 11.8 Å². The van der Waals surface area contributed by atoms with Gasteiger partial charge in [0.2, 0.25) is 0 Å². The summed E-state index contributed by atoms with van der Waals surface area (Å²) in [5.74, 6) is -1.50. The topological polar surface area (TPSA) is 54.4 Å². The van der Waals surface area contributed by atoms with Crippen LogP contribution in [0.2, 0.25) is 0 Å². The molecule has 1 N–H and O–H groups in total. The third-order valence-corrected chi connectivity index (χ3v) is 2.73. The quantitative estimate of drug-likeness (QED) is 0.834. The van der Waals surface area contributed by atoms with Gasteiger partial charge in [-0.25, -0.2) is 4.79 Å². The first-order valence-electron chi connectivity index (χ1n) is 4.35. The van der Waals surface area contributed by atoms with Crippen molar-refractivity contribution in [1.82, 2.24) is 0 Å². The molecule has 0 spiro atoms. The molecular formula is C10H7F3O3S. The van der Waals surface area contributed by atoms with E-state index in [0.29, 0.717) is 0 Å². The SMILES string of the molecule is CC(=O)Sc1c(C(=O)O)cccc1C(F)(F)F. The molecule has 0 heterocycles. The van der Waals surface area contributed by atoms with Crippen LogP contribution < -0.4 is 0 Å². The van der Waals surface area contributed by atoms with Gasteiger partial charge in [0.25, 0.3) is 0 Å². The molecule has 0 aromatic heterocycles.